The summed E-state index contributed by atoms with van der Waals surface area (Å²) in [6, 6.07) is 5.64. The average molecular weight is 531 g/mol. The maximum absolute atomic E-state index is 11.7. The average Bonchev–Trinajstić information content (AvgIpc) is 3.35. The Morgan fingerprint density at radius 3 is 2.50 bits per heavy atom. The molecular formula is C20H30IN5O4. The quantitative estimate of drug-likeness (QED) is 0.241. The maximum atomic E-state index is 11.7. The fourth-order valence-electron chi connectivity index (χ4n) is 3.65. The first kappa shape index (κ1) is 24.0. The van der Waals surface area contributed by atoms with Gasteiger partial charge in [-0.05, 0) is 31.0 Å². The van der Waals surface area contributed by atoms with Crippen molar-refractivity contribution in [2.45, 2.75) is 19.3 Å². The highest BCUT2D eigenvalue weighted by Crippen LogP contribution is 2.32. The summed E-state index contributed by atoms with van der Waals surface area (Å²) in [4.78, 5) is 31.4. The number of urea groups is 1. The van der Waals surface area contributed by atoms with E-state index in [0.717, 1.165) is 43.5 Å². The van der Waals surface area contributed by atoms with Crippen LogP contribution < -0.4 is 20.1 Å². The fraction of sp³-hybridized carbons (Fsp3) is 0.550. The first-order valence-corrected chi connectivity index (χ1v) is 9.90. The monoisotopic (exact) mass is 531 g/mol. The van der Waals surface area contributed by atoms with Gasteiger partial charge >= 0.3 is 6.03 Å². The lowest BCUT2D eigenvalue weighted by molar-refractivity contribution is -0.124. The Balaban J connectivity index is 0.00000320. The number of guanidine groups is 1. The van der Waals surface area contributed by atoms with Gasteiger partial charge in [0, 0.05) is 31.6 Å². The van der Waals surface area contributed by atoms with Crippen LogP contribution in [0.4, 0.5) is 4.79 Å². The lowest BCUT2D eigenvalue weighted by Gasteiger charge is -2.22. The van der Waals surface area contributed by atoms with E-state index < -0.39 is 0 Å². The molecular weight excluding hydrogens is 501 g/mol. The van der Waals surface area contributed by atoms with Crippen LogP contribution in [0.2, 0.25) is 0 Å². The number of nitrogens with zero attached hydrogens (tertiary/aromatic N) is 3. The van der Waals surface area contributed by atoms with E-state index in [1.807, 2.05) is 13.0 Å². The number of halogens is 1. The molecule has 3 amide bonds. The Hall–Kier alpha value is -2.24. The molecule has 0 bridgehead atoms. The minimum Gasteiger partial charge on any atom is -0.497 e. The summed E-state index contributed by atoms with van der Waals surface area (Å²) in [7, 11) is 3.31. The van der Waals surface area contributed by atoms with Gasteiger partial charge in [0.05, 0.1) is 33.9 Å². The van der Waals surface area contributed by atoms with Gasteiger partial charge in [0.25, 0.3) is 0 Å². The van der Waals surface area contributed by atoms with E-state index in [2.05, 4.69) is 32.7 Å². The summed E-state index contributed by atoms with van der Waals surface area (Å²) in [5.74, 6) is 2.51. The van der Waals surface area contributed by atoms with Crippen LogP contribution in [0.5, 0.6) is 11.5 Å². The smallest absolute Gasteiger partial charge is 0.324 e. The Kier molecular flexibility index (Phi) is 9.00. The van der Waals surface area contributed by atoms with Crippen LogP contribution in [-0.4, -0.2) is 81.2 Å². The highest BCUT2D eigenvalue weighted by molar-refractivity contribution is 14.0. The lowest BCUT2D eigenvalue weighted by atomic mass is 9.98. The standard InChI is InChI=1S/C20H29N5O4.HI/c1-4-21-19(22-6-8-25-18(26)12-23-20(25)27)24-7-5-14(13-24)15-9-16(28-2)11-17(10-15)29-3;/h9-11,14H,4-8,12-13H2,1-3H3,(H,21,22)(H,23,27);1H. The largest absolute Gasteiger partial charge is 0.497 e. The molecule has 0 aromatic heterocycles. The van der Waals surface area contributed by atoms with Crippen molar-refractivity contribution in [2.24, 2.45) is 4.99 Å². The lowest BCUT2D eigenvalue weighted by Crippen LogP contribution is -2.41. The molecule has 166 valence electrons. The number of nitrogens with one attached hydrogen (secondary N) is 2. The van der Waals surface area contributed by atoms with Crippen LogP contribution >= 0.6 is 24.0 Å². The predicted octanol–water partition coefficient (Wildman–Crippen LogP) is 1.63. The van der Waals surface area contributed by atoms with E-state index in [9.17, 15) is 9.59 Å². The zero-order chi connectivity index (χ0) is 20.8. The van der Waals surface area contributed by atoms with Crippen molar-refractivity contribution >= 4 is 41.9 Å². The van der Waals surface area contributed by atoms with Gasteiger partial charge < -0.3 is 25.0 Å². The summed E-state index contributed by atoms with van der Waals surface area (Å²) < 4.78 is 10.8. The van der Waals surface area contributed by atoms with Crippen molar-refractivity contribution in [2.75, 3.05) is 53.5 Å². The molecule has 3 rings (SSSR count). The second kappa shape index (κ2) is 11.2. The number of hydrogen-bond acceptors (Lipinski definition) is 5. The first-order valence-electron chi connectivity index (χ1n) is 9.90. The van der Waals surface area contributed by atoms with Gasteiger partial charge in [-0.15, -0.1) is 24.0 Å². The zero-order valence-corrected chi connectivity index (χ0v) is 20.0. The van der Waals surface area contributed by atoms with Gasteiger partial charge in [0.1, 0.15) is 11.5 Å². The van der Waals surface area contributed by atoms with Crippen molar-refractivity contribution in [3.63, 3.8) is 0 Å². The summed E-state index contributed by atoms with van der Waals surface area (Å²) in [6.07, 6.45) is 0.994. The zero-order valence-electron chi connectivity index (χ0n) is 17.6. The minimum absolute atomic E-state index is 0. The summed E-state index contributed by atoms with van der Waals surface area (Å²) in [5, 5.41) is 5.83. The van der Waals surface area contributed by atoms with Crippen molar-refractivity contribution in [1.82, 2.24) is 20.4 Å². The molecule has 2 aliphatic rings. The van der Waals surface area contributed by atoms with E-state index in [1.165, 1.54) is 10.5 Å². The molecule has 0 saturated carbocycles. The van der Waals surface area contributed by atoms with Crippen LogP contribution in [0, 0.1) is 0 Å². The van der Waals surface area contributed by atoms with E-state index in [1.54, 1.807) is 14.2 Å². The summed E-state index contributed by atoms with van der Waals surface area (Å²) in [6.45, 7) is 5.19. The molecule has 2 N–H and O–H groups in total. The van der Waals surface area contributed by atoms with Crippen LogP contribution in [0.25, 0.3) is 0 Å². The molecule has 2 fully saturated rings. The number of carbonyl (C=O) groups is 2. The SMILES string of the molecule is CCNC(=NCCN1C(=O)CNC1=O)N1CCC(c2cc(OC)cc(OC)c2)C1.I. The summed E-state index contributed by atoms with van der Waals surface area (Å²) >= 11 is 0. The number of methoxy groups -OCH3 is 2. The Morgan fingerprint density at radius 1 is 1.23 bits per heavy atom. The molecule has 1 aromatic carbocycles. The second-order valence-electron chi connectivity index (χ2n) is 7.02. The number of rotatable bonds is 7. The topological polar surface area (TPSA) is 95.5 Å². The normalized spacial score (nSPS) is 18.9. The number of imide groups is 1. The molecule has 1 unspecified atom stereocenters. The van der Waals surface area contributed by atoms with Crippen molar-refractivity contribution in [3.8, 4) is 11.5 Å². The highest BCUT2D eigenvalue weighted by Gasteiger charge is 2.29. The molecule has 9 nitrogen and oxygen atoms in total. The molecule has 0 spiro atoms. The van der Waals surface area contributed by atoms with E-state index in [4.69, 9.17) is 9.47 Å². The number of benzene rings is 1. The van der Waals surface area contributed by atoms with E-state index in [0.29, 0.717) is 12.5 Å². The third-order valence-electron chi connectivity index (χ3n) is 5.19. The van der Waals surface area contributed by atoms with Crippen molar-refractivity contribution < 1.29 is 19.1 Å². The number of amides is 3. The highest BCUT2D eigenvalue weighted by atomic mass is 127. The number of likely N-dealkylation sites (tertiary alicyclic amines) is 1. The second-order valence-corrected chi connectivity index (χ2v) is 7.02. The molecule has 1 atom stereocenters. The van der Waals surface area contributed by atoms with Gasteiger partial charge in [-0.3, -0.25) is 14.7 Å². The van der Waals surface area contributed by atoms with Gasteiger partial charge in [-0.25, -0.2) is 4.79 Å². The van der Waals surface area contributed by atoms with Crippen molar-refractivity contribution in [3.05, 3.63) is 23.8 Å². The van der Waals surface area contributed by atoms with Crippen molar-refractivity contribution in [1.29, 1.82) is 0 Å². The Bertz CT molecular complexity index is 750. The third kappa shape index (κ3) is 5.67. The van der Waals surface area contributed by atoms with Crippen LogP contribution in [-0.2, 0) is 4.79 Å². The molecule has 30 heavy (non-hydrogen) atoms. The number of carbonyl (C=O) groups excluding carboxylic acids is 2. The van der Waals surface area contributed by atoms with Crippen LogP contribution in [0.15, 0.2) is 23.2 Å². The molecule has 10 heteroatoms. The van der Waals surface area contributed by atoms with Gasteiger partial charge in [0.15, 0.2) is 5.96 Å². The minimum atomic E-state index is -0.344. The van der Waals surface area contributed by atoms with Gasteiger partial charge in [-0.1, -0.05) is 0 Å². The third-order valence-corrected chi connectivity index (χ3v) is 5.19. The molecule has 2 saturated heterocycles. The number of aliphatic imine (C=N–C) groups is 1. The molecule has 0 aliphatic carbocycles. The maximum Gasteiger partial charge on any atom is 0.324 e. The summed E-state index contributed by atoms with van der Waals surface area (Å²) in [5.41, 5.74) is 1.18. The number of hydrogen-bond donors (Lipinski definition) is 2. The molecule has 2 heterocycles. The molecule has 0 radical (unpaired) electrons. The Labute approximate surface area is 194 Å². The predicted molar refractivity (Wildman–Crippen MR) is 125 cm³/mol. The van der Waals surface area contributed by atoms with E-state index in [-0.39, 0.29) is 49.0 Å². The molecule has 2 aliphatic heterocycles. The van der Waals surface area contributed by atoms with Crippen LogP contribution in [0.1, 0.15) is 24.8 Å². The van der Waals surface area contributed by atoms with Gasteiger partial charge in [-0.2, -0.15) is 0 Å². The fourth-order valence-corrected chi connectivity index (χ4v) is 3.65. The van der Waals surface area contributed by atoms with Crippen LogP contribution in [0.3, 0.4) is 0 Å². The molecule has 1 aromatic rings. The van der Waals surface area contributed by atoms with Gasteiger partial charge in [0.2, 0.25) is 5.91 Å². The van der Waals surface area contributed by atoms with E-state index >= 15 is 0 Å². The Morgan fingerprint density at radius 2 is 1.93 bits per heavy atom. The number of ether oxygens (including phenoxy) is 2. The first-order chi connectivity index (χ1) is 14.0.